The van der Waals surface area contributed by atoms with Gasteiger partial charge < -0.3 is 10.7 Å². The number of halogens is 1. The van der Waals surface area contributed by atoms with Crippen molar-refractivity contribution in [1.29, 1.82) is 0 Å². The highest BCUT2D eigenvalue weighted by atomic mass is 35.5. The lowest BCUT2D eigenvalue weighted by atomic mass is 10.2. The number of nitrogens with two attached hydrogens (primary N) is 1. The van der Waals surface area contributed by atoms with Crippen molar-refractivity contribution in [2.75, 3.05) is 18.9 Å². The predicted octanol–water partition coefficient (Wildman–Crippen LogP) is 2.42. The van der Waals surface area contributed by atoms with Crippen molar-refractivity contribution in [3.63, 3.8) is 0 Å². The van der Waals surface area contributed by atoms with Crippen molar-refractivity contribution in [2.45, 2.75) is 30.2 Å². The van der Waals surface area contributed by atoms with Gasteiger partial charge in [-0.05, 0) is 31.9 Å². The average molecular weight is 352 g/mol. The van der Waals surface area contributed by atoms with E-state index in [0.29, 0.717) is 16.0 Å². The highest BCUT2D eigenvalue weighted by Crippen LogP contribution is 2.27. The Morgan fingerprint density at radius 3 is 2.78 bits per heavy atom. The van der Waals surface area contributed by atoms with Gasteiger partial charge in [0.05, 0.1) is 5.25 Å². The summed E-state index contributed by atoms with van der Waals surface area (Å²) in [6.07, 6.45) is 2.16. The Labute approximate surface area is 144 Å². The van der Waals surface area contributed by atoms with Crippen LogP contribution in [0.3, 0.4) is 0 Å². The molecule has 0 aliphatic carbocycles. The Morgan fingerprint density at radius 1 is 1.35 bits per heavy atom. The van der Waals surface area contributed by atoms with Gasteiger partial charge in [0.2, 0.25) is 11.1 Å². The molecule has 1 aliphatic rings. The first kappa shape index (κ1) is 16.1. The maximum absolute atomic E-state index is 12.4. The molecule has 122 valence electrons. The van der Waals surface area contributed by atoms with Gasteiger partial charge in [0.25, 0.3) is 0 Å². The van der Waals surface area contributed by atoms with Gasteiger partial charge in [-0.15, -0.1) is 10.2 Å². The van der Waals surface area contributed by atoms with Crippen molar-refractivity contribution < 1.29 is 4.79 Å². The number of benzene rings is 1. The number of nitrogen functional groups attached to an aromatic ring is 1. The molecule has 0 saturated carbocycles. The van der Waals surface area contributed by atoms with Crippen LogP contribution in [0.25, 0.3) is 11.4 Å². The number of amides is 1. The van der Waals surface area contributed by atoms with Gasteiger partial charge in [-0.25, -0.2) is 4.68 Å². The third-order valence-electron chi connectivity index (χ3n) is 3.80. The highest BCUT2D eigenvalue weighted by molar-refractivity contribution is 8.00. The molecule has 2 aromatic rings. The molecule has 0 unspecified atom stereocenters. The van der Waals surface area contributed by atoms with Crippen LogP contribution in [0.5, 0.6) is 0 Å². The van der Waals surface area contributed by atoms with E-state index in [-0.39, 0.29) is 11.2 Å². The van der Waals surface area contributed by atoms with Crippen LogP contribution in [-0.2, 0) is 4.79 Å². The van der Waals surface area contributed by atoms with Crippen LogP contribution >= 0.6 is 23.4 Å². The molecule has 1 saturated heterocycles. The summed E-state index contributed by atoms with van der Waals surface area (Å²) in [5.41, 5.74) is 0.790. The van der Waals surface area contributed by atoms with Crippen molar-refractivity contribution >= 4 is 29.3 Å². The van der Waals surface area contributed by atoms with Gasteiger partial charge in [0.1, 0.15) is 0 Å². The summed E-state index contributed by atoms with van der Waals surface area (Å²) in [6.45, 7) is 3.55. The topological polar surface area (TPSA) is 77.0 Å². The smallest absolute Gasteiger partial charge is 0.235 e. The molecule has 0 radical (unpaired) electrons. The van der Waals surface area contributed by atoms with Gasteiger partial charge in [-0.1, -0.05) is 35.5 Å². The maximum Gasteiger partial charge on any atom is 0.235 e. The van der Waals surface area contributed by atoms with Gasteiger partial charge in [-0.2, -0.15) is 0 Å². The standard InChI is InChI=1S/C15H18ClN5OS/c1-10(14(22)20-7-2-3-8-20)23-15-19-18-13(21(15)17)11-5-4-6-12(16)9-11/h4-6,9-10H,2-3,7-8,17H2,1H3/t10-/m0/s1. The number of thioether (sulfide) groups is 1. The Bertz CT molecular complexity index is 714. The number of carbonyl (C=O) groups excluding carboxylic acids is 1. The lowest BCUT2D eigenvalue weighted by Crippen LogP contribution is -2.34. The molecular weight excluding hydrogens is 334 g/mol. The SMILES string of the molecule is C[C@H](Sc1nnc(-c2cccc(Cl)c2)n1N)C(=O)N1CCCC1. The molecule has 2 heterocycles. The van der Waals surface area contributed by atoms with Crippen LogP contribution in [0, 0.1) is 0 Å². The summed E-state index contributed by atoms with van der Waals surface area (Å²) in [5.74, 6) is 6.74. The fourth-order valence-electron chi connectivity index (χ4n) is 2.58. The number of carbonyl (C=O) groups is 1. The van der Waals surface area contributed by atoms with Gasteiger partial charge in [0, 0.05) is 23.7 Å². The normalized spacial score (nSPS) is 15.8. The number of hydrogen-bond acceptors (Lipinski definition) is 5. The summed E-state index contributed by atoms with van der Waals surface area (Å²) in [4.78, 5) is 14.3. The number of nitrogens with zero attached hydrogens (tertiary/aromatic N) is 4. The molecule has 6 nitrogen and oxygen atoms in total. The molecule has 1 atom stereocenters. The summed E-state index contributed by atoms with van der Waals surface area (Å²) in [5, 5.41) is 9.11. The molecule has 23 heavy (non-hydrogen) atoms. The van der Waals surface area contributed by atoms with Crippen LogP contribution in [-0.4, -0.2) is 44.0 Å². The minimum absolute atomic E-state index is 0.125. The number of hydrogen-bond donors (Lipinski definition) is 1. The van der Waals surface area contributed by atoms with Crippen LogP contribution in [0.15, 0.2) is 29.4 Å². The molecule has 1 aromatic heterocycles. The summed E-state index contributed by atoms with van der Waals surface area (Å²) in [6, 6.07) is 7.27. The van der Waals surface area contributed by atoms with Gasteiger partial charge in [0.15, 0.2) is 5.82 Å². The second-order valence-corrected chi connectivity index (χ2v) is 7.22. The molecule has 1 aromatic carbocycles. The minimum atomic E-state index is -0.244. The maximum atomic E-state index is 12.4. The van der Waals surface area contributed by atoms with E-state index in [1.165, 1.54) is 16.4 Å². The molecule has 3 rings (SSSR count). The Hall–Kier alpha value is -1.73. The number of aromatic nitrogens is 3. The van der Waals surface area contributed by atoms with E-state index in [9.17, 15) is 4.79 Å². The largest absolute Gasteiger partial charge is 0.342 e. The second-order valence-electron chi connectivity index (χ2n) is 5.48. The third kappa shape index (κ3) is 3.45. The highest BCUT2D eigenvalue weighted by Gasteiger charge is 2.26. The number of rotatable bonds is 4. The van der Waals surface area contributed by atoms with E-state index in [1.807, 2.05) is 24.0 Å². The molecule has 0 bridgehead atoms. The fourth-order valence-corrected chi connectivity index (χ4v) is 3.63. The van der Waals surface area contributed by atoms with E-state index in [4.69, 9.17) is 17.4 Å². The minimum Gasteiger partial charge on any atom is -0.342 e. The van der Waals surface area contributed by atoms with Gasteiger partial charge in [-0.3, -0.25) is 4.79 Å². The summed E-state index contributed by atoms with van der Waals surface area (Å²) >= 11 is 7.32. The predicted molar refractivity (Wildman–Crippen MR) is 91.8 cm³/mol. The zero-order valence-electron chi connectivity index (χ0n) is 12.8. The first-order chi connectivity index (χ1) is 11.1. The van der Waals surface area contributed by atoms with Crippen LogP contribution < -0.4 is 5.84 Å². The fraction of sp³-hybridized carbons (Fsp3) is 0.400. The van der Waals surface area contributed by atoms with Crippen LogP contribution in [0.1, 0.15) is 19.8 Å². The second kappa shape index (κ2) is 6.80. The van der Waals surface area contributed by atoms with E-state index in [1.54, 1.807) is 12.1 Å². The molecule has 1 amide bonds. The van der Waals surface area contributed by atoms with Gasteiger partial charge >= 0.3 is 0 Å². The lowest BCUT2D eigenvalue weighted by molar-refractivity contribution is -0.129. The third-order valence-corrected chi connectivity index (χ3v) is 5.07. The Balaban J connectivity index is 1.75. The average Bonchev–Trinajstić information content (AvgIpc) is 3.17. The van der Waals surface area contributed by atoms with Crippen molar-refractivity contribution in [2.24, 2.45) is 0 Å². The summed E-state index contributed by atoms with van der Waals surface area (Å²) in [7, 11) is 0. The molecule has 8 heteroatoms. The molecular formula is C15H18ClN5OS. The number of likely N-dealkylation sites (tertiary alicyclic amines) is 1. The first-order valence-electron chi connectivity index (χ1n) is 7.48. The van der Waals surface area contributed by atoms with Crippen LogP contribution in [0.4, 0.5) is 0 Å². The zero-order valence-corrected chi connectivity index (χ0v) is 14.3. The van der Waals surface area contributed by atoms with E-state index >= 15 is 0 Å². The molecule has 1 fully saturated rings. The van der Waals surface area contributed by atoms with Crippen molar-refractivity contribution in [1.82, 2.24) is 19.8 Å². The quantitative estimate of drug-likeness (QED) is 0.676. The van der Waals surface area contributed by atoms with E-state index in [0.717, 1.165) is 31.5 Å². The van der Waals surface area contributed by atoms with E-state index < -0.39 is 0 Å². The monoisotopic (exact) mass is 351 g/mol. The Morgan fingerprint density at radius 2 is 2.09 bits per heavy atom. The molecule has 0 spiro atoms. The molecule has 1 aliphatic heterocycles. The Kier molecular flexibility index (Phi) is 4.77. The van der Waals surface area contributed by atoms with Crippen LogP contribution in [0.2, 0.25) is 5.02 Å². The zero-order chi connectivity index (χ0) is 16.4. The van der Waals surface area contributed by atoms with Crippen molar-refractivity contribution in [3.8, 4) is 11.4 Å². The van der Waals surface area contributed by atoms with Crippen molar-refractivity contribution in [3.05, 3.63) is 29.3 Å². The molecule has 2 N–H and O–H groups in total. The lowest BCUT2D eigenvalue weighted by Gasteiger charge is -2.19. The first-order valence-corrected chi connectivity index (χ1v) is 8.74. The van der Waals surface area contributed by atoms with E-state index in [2.05, 4.69) is 10.2 Å². The summed E-state index contributed by atoms with van der Waals surface area (Å²) < 4.78 is 1.41.